The quantitative estimate of drug-likeness (QED) is 0.746. The van der Waals surface area contributed by atoms with Crippen molar-refractivity contribution >= 4 is 23.5 Å². The maximum Gasteiger partial charge on any atom is 0.303 e. The molecule has 0 radical (unpaired) electrons. The molecule has 2 unspecified atom stereocenters. The minimum atomic E-state index is -0.862. The lowest BCUT2D eigenvalue weighted by molar-refractivity contribution is -0.137. The Morgan fingerprint density at radius 1 is 1.35 bits per heavy atom. The molecule has 1 fully saturated rings. The van der Waals surface area contributed by atoms with Crippen LogP contribution in [0, 0.1) is 5.82 Å². The number of ether oxygens (including phenoxy) is 1. The molecule has 1 amide bonds. The van der Waals surface area contributed by atoms with Gasteiger partial charge < -0.3 is 15.2 Å². The predicted octanol–water partition coefficient (Wildman–Crippen LogP) is 3.07. The van der Waals surface area contributed by atoms with Gasteiger partial charge in [-0.15, -0.1) is 0 Å². The first-order valence-electron chi connectivity index (χ1n) is 7.55. The number of nitrogens with one attached hydrogen (secondary N) is 1. The van der Waals surface area contributed by atoms with Gasteiger partial charge in [-0.25, -0.2) is 4.39 Å². The molecule has 23 heavy (non-hydrogen) atoms. The highest BCUT2D eigenvalue weighted by Crippen LogP contribution is 2.31. The second kappa shape index (κ2) is 8.26. The average Bonchev–Trinajstić information content (AvgIpc) is 2.94. The van der Waals surface area contributed by atoms with Crippen LogP contribution >= 0.6 is 11.6 Å². The molecule has 2 N–H and O–H groups in total. The first-order valence-corrected chi connectivity index (χ1v) is 7.93. The summed E-state index contributed by atoms with van der Waals surface area (Å²) >= 11 is 5.67. The molecular formula is C16H19ClFNO4. The summed E-state index contributed by atoms with van der Waals surface area (Å²) in [4.78, 5) is 22.3. The molecule has 1 saturated heterocycles. The Kier molecular flexibility index (Phi) is 6.36. The molecule has 7 heteroatoms. The zero-order valence-corrected chi connectivity index (χ0v) is 13.3. The largest absolute Gasteiger partial charge is 0.481 e. The molecular weight excluding hydrogens is 325 g/mol. The summed E-state index contributed by atoms with van der Waals surface area (Å²) in [6, 6.07) is 4.26. The number of rotatable bonds is 7. The monoisotopic (exact) mass is 343 g/mol. The van der Waals surface area contributed by atoms with E-state index in [4.69, 9.17) is 21.4 Å². The summed E-state index contributed by atoms with van der Waals surface area (Å²) in [5, 5.41) is 11.5. The van der Waals surface area contributed by atoms with Crippen molar-refractivity contribution in [2.45, 2.75) is 44.2 Å². The van der Waals surface area contributed by atoms with Gasteiger partial charge in [0.15, 0.2) is 0 Å². The van der Waals surface area contributed by atoms with Crippen molar-refractivity contribution in [3.05, 3.63) is 34.6 Å². The molecule has 1 aliphatic rings. The molecule has 0 spiro atoms. The van der Waals surface area contributed by atoms with Gasteiger partial charge in [0.05, 0.1) is 11.1 Å². The van der Waals surface area contributed by atoms with Crippen LogP contribution in [0.5, 0.6) is 0 Å². The summed E-state index contributed by atoms with van der Waals surface area (Å²) in [6.07, 6.45) is 1.57. The Morgan fingerprint density at radius 3 is 2.78 bits per heavy atom. The molecule has 1 aliphatic heterocycles. The fourth-order valence-electron chi connectivity index (χ4n) is 2.60. The van der Waals surface area contributed by atoms with E-state index in [1.54, 1.807) is 6.07 Å². The first-order chi connectivity index (χ1) is 11.0. The number of hydrogen-bond acceptors (Lipinski definition) is 3. The van der Waals surface area contributed by atoms with Crippen molar-refractivity contribution in [2.75, 3.05) is 6.61 Å². The van der Waals surface area contributed by atoms with Crippen LogP contribution in [0.4, 0.5) is 4.39 Å². The van der Waals surface area contributed by atoms with Crippen LogP contribution in [0.25, 0.3) is 0 Å². The number of aliphatic carboxylic acids is 1. The van der Waals surface area contributed by atoms with E-state index in [1.807, 2.05) is 0 Å². The van der Waals surface area contributed by atoms with Crippen molar-refractivity contribution in [1.29, 1.82) is 0 Å². The summed E-state index contributed by atoms with van der Waals surface area (Å²) in [6.45, 7) is 0.485. The number of unbranched alkanes of at least 4 members (excludes halogenated alkanes) is 1. The second-order valence-corrected chi connectivity index (χ2v) is 5.94. The minimum absolute atomic E-state index is 0.0470. The summed E-state index contributed by atoms with van der Waals surface area (Å²) in [7, 11) is 0. The van der Waals surface area contributed by atoms with Gasteiger partial charge in [0, 0.05) is 19.4 Å². The molecule has 2 atom stereocenters. The Morgan fingerprint density at radius 2 is 2.09 bits per heavy atom. The van der Waals surface area contributed by atoms with Gasteiger partial charge >= 0.3 is 5.97 Å². The highest BCUT2D eigenvalue weighted by atomic mass is 35.5. The first kappa shape index (κ1) is 17.7. The van der Waals surface area contributed by atoms with E-state index in [0.29, 0.717) is 31.4 Å². The van der Waals surface area contributed by atoms with E-state index < -0.39 is 17.9 Å². The third-order valence-corrected chi connectivity index (χ3v) is 4.06. The molecule has 1 heterocycles. The van der Waals surface area contributed by atoms with Crippen molar-refractivity contribution in [3.63, 3.8) is 0 Å². The maximum absolute atomic E-state index is 13.6. The molecule has 0 aliphatic carbocycles. The van der Waals surface area contributed by atoms with Crippen LogP contribution in [0.1, 0.15) is 43.8 Å². The normalized spacial score (nSPS) is 20.4. The molecule has 1 aromatic carbocycles. The van der Waals surface area contributed by atoms with Gasteiger partial charge in [0.1, 0.15) is 11.9 Å². The average molecular weight is 344 g/mol. The number of halogens is 2. The van der Waals surface area contributed by atoms with Crippen LogP contribution in [-0.2, 0) is 14.3 Å². The highest BCUT2D eigenvalue weighted by Gasteiger charge is 2.31. The van der Waals surface area contributed by atoms with E-state index in [1.165, 1.54) is 12.1 Å². The third-order valence-electron chi connectivity index (χ3n) is 3.75. The molecule has 126 valence electrons. The van der Waals surface area contributed by atoms with Crippen LogP contribution in [0.3, 0.4) is 0 Å². The lowest BCUT2D eigenvalue weighted by Gasteiger charge is -2.20. The number of benzene rings is 1. The van der Waals surface area contributed by atoms with E-state index in [9.17, 15) is 14.0 Å². The highest BCUT2D eigenvalue weighted by molar-refractivity contribution is 6.30. The number of amides is 1. The fourth-order valence-corrected chi connectivity index (χ4v) is 2.71. The molecule has 2 rings (SSSR count). The summed E-state index contributed by atoms with van der Waals surface area (Å²) < 4.78 is 19.2. The standard InChI is InChI=1S/C16H19ClFNO4/c17-11-6-5-10(9-12(11)18)16-13(7-8-23-16)19-14(20)3-1-2-4-15(21)22/h5-6,9,13,16H,1-4,7-8H2,(H,19,20)(H,21,22). The number of hydrogen-bond donors (Lipinski definition) is 2. The Labute approximate surface area is 138 Å². The smallest absolute Gasteiger partial charge is 0.303 e. The lowest BCUT2D eigenvalue weighted by atomic mass is 10.0. The number of carbonyl (C=O) groups is 2. The van der Waals surface area contributed by atoms with Crippen LogP contribution in [0.15, 0.2) is 18.2 Å². The summed E-state index contributed by atoms with van der Waals surface area (Å²) in [5.74, 6) is -1.52. The van der Waals surface area contributed by atoms with Crippen LogP contribution in [-0.4, -0.2) is 29.6 Å². The lowest BCUT2D eigenvalue weighted by Crippen LogP contribution is -2.36. The van der Waals surface area contributed by atoms with Gasteiger partial charge in [-0.2, -0.15) is 0 Å². The number of carboxylic acids is 1. The Balaban J connectivity index is 1.87. The SMILES string of the molecule is O=C(O)CCCCC(=O)NC1CCOC1c1ccc(Cl)c(F)c1. The Hall–Kier alpha value is -1.66. The maximum atomic E-state index is 13.6. The predicted molar refractivity (Wildman–Crippen MR) is 82.8 cm³/mol. The van der Waals surface area contributed by atoms with Gasteiger partial charge in [0.2, 0.25) is 5.91 Å². The summed E-state index contributed by atoms with van der Waals surface area (Å²) in [5.41, 5.74) is 0.639. The second-order valence-electron chi connectivity index (χ2n) is 5.53. The molecule has 0 bridgehead atoms. The van der Waals surface area contributed by atoms with E-state index in [0.717, 1.165) is 0 Å². The van der Waals surface area contributed by atoms with E-state index in [-0.39, 0.29) is 29.8 Å². The zero-order valence-electron chi connectivity index (χ0n) is 12.6. The van der Waals surface area contributed by atoms with Gasteiger partial charge in [0.25, 0.3) is 0 Å². The van der Waals surface area contributed by atoms with Crippen molar-refractivity contribution in [2.24, 2.45) is 0 Å². The minimum Gasteiger partial charge on any atom is -0.481 e. The van der Waals surface area contributed by atoms with Crippen molar-refractivity contribution in [1.82, 2.24) is 5.32 Å². The molecule has 5 nitrogen and oxygen atoms in total. The van der Waals surface area contributed by atoms with E-state index >= 15 is 0 Å². The Bertz CT molecular complexity index is 581. The molecule has 0 saturated carbocycles. The molecule has 0 aromatic heterocycles. The van der Waals surface area contributed by atoms with Crippen molar-refractivity contribution in [3.8, 4) is 0 Å². The third kappa shape index (κ3) is 5.18. The van der Waals surface area contributed by atoms with Crippen molar-refractivity contribution < 1.29 is 23.8 Å². The topological polar surface area (TPSA) is 75.6 Å². The fraction of sp³-hybridized carbons (Fsp3) is 0.500. The van der Waals surface area contributed by atoms with Crippen LogP contribution in [0.2, 0.25) is 5.02 Å². The zero-order chi connectivity index (χ0) is 16.8. The van der Waals surface area contributed by atoms with Crippen LogP contribution < -0.4 is 5.32 Å². The number of carbonyl (C=O) groups excluding carboxylic acids is 1. The van der Waals surface area contributed by atoms with Gasteiger partial charge in [-0.05, 0) is 37.0 Å². The van der Waals surface area contributed by atoms with E-state index in [2.05, 4.69) is 5.32 Å². The number of carboxylic acid groups (broad SMARTS) is 1. The van der Waals surface area contributed by atoms with Gasteiger partial charge in [-0.3, -0.25) is 9.59 Å². The molecule has 1 aromatic rings. The van der Waals surface area contributed by atoms with Gasteiger partial charge in [-0.1, -0.05) is 17.7 Å².